The molecule has 1 rings (SSSR count). The molecule has 0 aromatic rings. The molecule has 1 aliphatic rings. The van der Waals surface area contributed by atoms with Crippen LogP contribution in [0.3, 0.4) is 0 Å². The van der Waals surface area contributed by atoms with Crippen molar-refractivity contribution in [2.24, 2.45) is 0 Å². The van der Waals surface area contributed by atoms with Crippen LogP contribution in [0.1, 0.15) is 33.1 Å². The first-order valence-electron chi connectivity index (χ1n) is 6.24. The molecule has 1 amide bonds. The molecule has 0 aliphatic carbocycles. The number of nitrogens with zero attached hydrogens (tertiary/aromatic N) is 1. The summed E-state index contributed by atoms with van der Waals surface area (Å²) in [4.78, 5) is 13.8. The first-order valence-corrected chi connectivity index (χ1v) is 6.24. The van der Waals surface area contributed by atoms with E-state index in [1.54, 1.807) is 7.11 Å². The number of likely N-dealkylation sites (tertiary alicyclic amines) is 1. The number of nitrogens with one attached hydrogen (secondary N) is 1. The number of ether oxygens (including phenoxy) is 1. The predicted molar refractivity (Wildman–Crippen MR) is 64.4 cm³/mol. The van der Waals surface area contributed by atoms with Gasteiger partial charge in [0.2, 0.25) is 0 Å². The molecule has 0 aromatic heterocycles. The summed E-state index contributed by atoms with van der Waals surface area (Å²) < 4.78 is 5.07. The van der Waals surface area contributed by atoms with Gasteiger partial charge >= 0.3 is 0 Å². The highest BCUT2D eigenvalue weighted by atomic mass is 16.5. The smallest absolute Gasteiger partial charge is 0.251 e. The second kappa shape index (κ2) is 6.86. The Morgan fingerprint density at radius 2 is 2.38 bits per heavy atom. The fourth-order valence-corrected chi connectivity index (χ4v) is 2.05. The second-order valence-corrected chi connectivity index (χ2v) is 4.46. The maximum atomic E-state index is 11.9. The summed E-state index contributed by atoms with van der Waals surface area (Å²) in [7, 11) is 1.58. The maximum Gasteiger partial charge on any atom is 0.251 e. The van der Waals surface area contributed by atoms with E-state index >= 15 is 0 Å². The topological polar surface area (TPSA) is 41.6 Å². The average molecular weight is 228 g/mol. The second-order valence-electron chi connectivity index (χ2n) is 4.46. The minimum atomic E-state index is -0.315. The SMILES string of the molecule is CCCNC1CCCN(C(=O)C(C)OC)C1. The van der Waals surface area contributed by atoms with Crippen molar-refractivity contribution in [3.63, 3.8) is 0 Å². The lowest BCUT2D eigenvalue weighted by atomic mass is 10.0. The van der Waals surface area contributed by atoms with Crippen LogP contribution in [0, 0.1) is 0 Å². The van der Waals surface area contributed by atoms with Crippen molar-refractivity contribution in [2.75, 3.05) is 26.7 Å². The number of carbonyl (C=O) groups is 1. The average Bonchev–Trinajstić information content (AvgIpc) is 2.34. The molecule has 0 saturated carbocycles. The number of methoxy groups -OCH3 is 1. The Morgan fingerprint density at radius 1 is 1.62 bits per heavy atom. The van der Waals surface area contributed by atoms with Gasteiger partial charge in [0.05, 0.1) is 0 Å². The van der Waals surface area contributed by atoms with Gasteiger partial charge in [-0.1, -0.05) is 6.92 Å². The molecule has 1 saturated heterocycles. The molecular weight excluding hydrogens is 204 g/mol. The molecule has 16 heavy (non-hydrogen) atoms. The van der Waals surface area contributed by atoms with E-state index in [9.17, 15) is 4.79 Å². The quantitative estimate of drug-likeness (QED) is 0.763. The van der Waals surface area contributed by atoms with Gasteiger partial charge in [-0.05, 0) is 32.7 Å². The molecule has 4 heteroatoms. The Morgan fingerprint density at radius 3 is 3.00 bits per heavy atom. The van der Waals surface area contributed by atoms with E-state index in [2.05, 4.69) is 12.2 Å². The number of rotatable bonds is 5. The van der Waals surface area contributed by atoms with Crippen LogP contribution in [0.15, 0.2) is 0 Å². The highest BCUT2D eigenvalue weighted by Crippen LogP contribution is 2.12. The molecule has 0 radical (unpaired) electrons. The van der Waals surface area contributed by atoms with Crippen molar-refractivity contribution in [1.29, 1.82) is 0 Å². The van der Waals surface area contributed by atoms with Crippen LogP contribution in [-0.4, -0.2) is 49.7 Å². The third-order valence-electron chi connectivity index (χ3n) is 3.12. The first kappa shape index (κ1) is 13.5. The van der Waals surface area contributed by atoms with Crippen LogP contribution < -0.4 is 5.32 Å². The molecule has 94 valence electrons. The van der Waals surface area contributed by atoms with Crippen LogP contribution in [0.4, 0.5) is 0 Å². The third-order valence-corrected chi connectivity index (χ3v) is 3.12. The normalized spacial score (nSPS) is 23.2. The monoisotopic (exact) mass is 228 g/mol. The van der Waals surface area contributed by atoms with Gasteiger partial charge in [-0.2, -0.15) is 0 Å². The minimum Gasteiger partial charge on any atom is -0.372 e. The predicted octanol–water partition coefficient (Wildman–Crippen LogP) is 1.01. The van der Waals surface area contributed by atoms with E-state index < -0.39 is 0 Å². The van der Waals surface area contributed by atoms with Gasteiger partial charge < -0.3 is 15.0 Å². The third kappa shape index (κ3) is 3.76. The van der Waals surface area contributed by atoms with Crippen molar-refractivity contribution in [2.45, 2.75) is 45.3 Å². The molecule has 1 N–H and O–H groups in total. The first-order chi connectivity index (χ1) is 7.69. The molecule has 1 heterocycles. The summed E-state index contributed by atoms with van der Waals surface area (Å²) in [5, 5.41) is 3.48. The maximum absolute atomic E-state index is 11.9. The lowest BCUT2D eigenvalue weighted by molar-refractivity contribution is -0.142. The van der Waals surface area contributed by atoms with Crippen molar-refractivity contribution in [3.8, 4) is 0 Å². The number of carbonyl (C=O) groups excluding carboxylic acids is 1. The van der Waals surface area contributed by atoms with E-state index in [1.165, 1.54) is 6.42 Å². The van der Waals surface area contributed by atoms with Gasteiger partial charge in [0, 0.05) is 26.2 Å². The summed E-state index contributed by atoms with van der Waals surface area (Å²) in [5.74, 6) is 0.116. The molecule has 2 unspecified atom stereocenters. The lowest BCUT2D eigenvalue weighted by Crippen LogP contribution is -2.50. The van der Waals surface area contributed by atoms with Crippen LogP contribution in [0.5, 0.6) is 0 Å². The van der Waals surface area contributed by atoms with E-state index in [0.717, 1.165) is 32.5 Å². The number of hydrogen-bond donors (Lipinski definition) is 1. The van der Waals surface area contributed by atoms with Crippen LogP contribution in [-0.2, 0) is 9.53 Å². The zero-order valence-corrected chi connectivity index (χ0v) is 10.7. The summed E-state index contributed by atoms with van der Waals surface area (Å²) in [5.41, 5.74) is 0. The van der Waals surface area contributed by atoms with Crippen molar-refractivity contribution >= 4 is 5.91 Å². The molecular formula is C12H24N2O2. The Kier molecular flexibility index (Phi) is 5.77. The van der Waals surface area contributed by atoms with Gasteiger partial charge in [0.1, 0.15) is 6.10 Å². The van der Waals surface area contributed by atoms with Crippen molar-refractivity contribution < 1.29 is 9.53 Å². The summed E-state index contributed by atoms with van der Waals surface area (Å²) in [6, 6.07) is 0.460. The highest BCUT2D eigenvalue weighted by Gasteiger charge is 2.26. The largest absolute Gasteiger partial charge is 0.372 e. The standard InChI is InChI=1S/C12H24N2O2/c1-4-7-13-11-6-5-8-14(9-11)12(15)10(2)16-3/h10-11,13H,4-9H2,1-3H3. The van der Waals surface area contributed by atoms with Crippen LogP contribution >= 0.6 is 0 Å². The zero-order chi connectivity index (χ0) is 12.0. The summed E-state index contributed by atoms with van der Waals surface area (Å²) in [6.07, 6.45) is 3.08. The molecule has 4 nitrogen and oxygen atoms in total. The lowest BCUT2D eigenvalue weighted by Gasteiger charge is -2.34. The Balaban J connectivity index is 2.40. The fraction of sp³-hybridized carbons (Fsp3) is 0.917. The fourth-order valence-electron chi connectivity index (χ4n) is 2.05. The molecule has 1 fully saturated rings. The Labute approximate surface area is 98.3 Å². The molecule has 1 aliphatic heterocycles. The zero-order valence-electron chi connectivity index (χ0n) is 10.7. The van der Waals surface area contributed by atoms with Crippen molar-refractivity contribution in [1.82, 2.24) is 10.2 Å². The van der Waals surface area contributed by atoms with Gasteiger partial charge in [-0.25, -0.2) is 0 Å². The van der Waals surface area contributed by atoms with Gasteiger partial charge in [-0.15, -0.1) is 0 Å². The molecule has 0 bridgehead atoms. The van der Waals surface area contributed by atoms with Gasteiger partial charge in [0.25, 0.3) is 5.91 Å². The van der Waals surface area contributed by atoms with E-state index in [1.807, 2.05) is 11.8 Å². The van der Waals surface area contributed by atoms with E-state index in [4.69, 9.17) is 4.74 Å². The van der Waals surface area contributed by atoms with Crippen LogP contribution in [0.25, 0.3) is 0 Å². The molecule has 2 atom stereocenters. The van der Waals surface area contributed by atoms with E-state index in [-0.39, 0.29) is 12.0 Å². The van der Waals surface area contributed by atoms with E-state index in [0.29, 0.717) is 6.04 Å². The number of piperidine rings is 1. The summed E-state index contributed by atoms with van der Waals surface area (Å²) >= 11 is 0. The molecule has 0 aromatic carbocycles. The van der Waals surface area contributed by atoms with Crippen LogP contribution in [0.2, 0.25) is 0 Å². The van der Waals surface area contributed by atoms with Crippen molar-refractivity contribution in [3.05, 3.63) is 0 Å². The Bertz CT molecular complexity index is 221. The van der Waals surface area contributed by atoms with Gasteiger partial charge in [0.15, 0.2) is 0 Å². The number of hydrogen-bond acceptors (Lipinski definition) is 3. The number of amides is 1. The van der Waals surface area contributed by atoms with Gasteiger partial charge in [-0.3, -0.25) is 4.79 Å². The summed E-state index contributed by atoms with van der Waals surface area (Å²) in [6.45, 7) is 6.70. The molecule has 0 spiro atoms. The minimum absolute atomic E-state index is 0.116. The Hall–Kier alpha value is -0.610. The highest BCUT2D eigenvalue weighted by molar-refractivity contribution is 5.80.